The molecule has 0 aromatic heterocycles. The average Bonchev–Trinajstić information content (AvgIpc) is 2.42. The van der Waals surface area contributed by atoms with Crippen LogP contribution in [0.5, 0.6) is 0 Å². The topological polar surface area (TPSA) is 89.9 Å². The van der Waals surface area contributed by atoms with Gasteiger partial charge in [0.15, 0.2) is 5.78 Å². The zero-order chi connectivity index (χ0) is 15.1. The molecule has 0 aliphatic carbocycles. The predicted octanol–water partition coefficient (Wildman–Crippen LogP) is 0.361. The monoisotopic (exact) mass is 280 g/mol. The minimum absolute atomic E-state index is 0.150. The van der Waals surface area contributed by atoms with Crippen LogP contribution in [0, 0.1) is 0 Å². The van der Waals surface area contributed by atoms with E-state index in [-0.39, 0.29) is 25.4 Å². The second-order valence-electron chi connectivity index (χ2n) is 4.63. The van der Waals surface area contributed by atoms with Crippen molar-refractivity contribution in [1.82, 2.24) is 5.32 Å². The predicted molar refractivity (Wildman–Crippen MR) is 76.2 cm³/mol. The molecule has 1 aromatic carbocycles. The summed E-state index contributed by atoms with van der Waals surface area (Å²) in [5.74, 6) is -1.34. The summed E-state index contributed by atoms with van der Waals surface area (Å²) in [4.78, 5) is 24.9. The minimum Gasteiger partial charge on any atom is -0.481 e. The normalized spacial score (nSPS) is 11.9. The van der Waals surface area contributed by atoms with Crippen LogP contribution >= 0.6 is 0 Å². The van der Waals surface area contributed by atoms with E-state index < -0.39 is 12.0 Å². The van der Waals surface area contributed by atoms with Gasteiger partial charge in [-0.15, -0.1) is 0 Å². The molecular weight excluding hydrogens is 260 g/mol. The third-order valence-electron chi connectivity index (χ3n) is 2.87. The maximum atomic E-state index is 12.2. The zero-order valence-electron chi connectivity index (χ0n) is 11.7. The van der Waals surface area contributed by atoms with Gasteiger partial charge in [-0.25, -0.2) is 0 Å². The fourth-order valence-electron chi connectivity index (χ4n) is 1.80. The summed E-state index contributed by atoms with van der Waals surface area (Å²) in [6.45, 7) is 0.0302. The molecule has 0 radical (unpaired) electrons. The molecule has 1 rings (SSSR count). The number of carbonyl (C=O) groups is 2. The van der Waals surface area contributed by atoms with Gasteiger partial charge in [0.1, 0.15) is 0 Å². The lowest BCUT2D eigenvalue weighted by Gasteiger charge is -2.16. The molecule has 1 atom stereocenters. The van der Waals surface area contributed by atoms with Crippen LogP contribution in [0.1, 0.15) is 16.8 Å². The van der Waals surface area contributed by atoms with E-state index in [0.29, 0.717) is 5.56 Å². The largest absolute Gasteiger partial charge is 0.481 e. The highest BCUT2D eigenvalue weighted by Gasteiger charge is 2.22. The molecule has 0 bridgehead atoms. The van der Waals surface area contributed by atoms with E-state index in [2.05, 4.69) is 5.32 Å². The number of aliphatic hydroxyl groups excluding tert-OH is 1. The van der Waals surface area contributed by atoms with Crippen molar-refractivity contribution < 1.29 is 19.8 Å². The van der Waals surface area contributed by atoms with Gasteiger partial charge in [-0.1, -0.05) is 0 Å². The van der Waals surface area contributed by atoms with Crippen molar-refractivity contribution in [1.29, 1.82) is 0 Å². The molecule has 6 nitrogen and oxygen atoms in total. The van der Waals surface area contributed by atoms with Crippen molar-refractivity contribution >= 4 is 17.4 Å². The van der Waals surface area contributed by atoms with Crippen molar-refractivity contribution in [2.24, 2.45) is 0 Å². The van der Waals surface area contributed by atoms with Gasteiger partial charge in [-0.05, 0) is 24.3 Å². The standard InChI is InChI=1S/C14H20N2O4/c1-16(2)11-5-3-10(4-6-11)14(20)12(9-13(18)19)15-7-8-17/h3-6,12,15,17H,7-9H2,1-2H3,(H,18,19). The molecule has 0 aliphatic heterocycles. The number of nitrogens with zero attached hydrogens (tertiary/aromatic N) is 1. The summed E-state index contributed by atoms with van der Waals surface area (Å²) in [6, 6.07) is 6.12. The molecule has 0 saturated heterocycles. The van der Waals surface area contributed by atoms with Gasteiger partial charge in [-0.3, -0.25) is 9.59 Å². The first kappa shape index (κ1) is 16.1. The lowest BCUT2D eigenvalue weighted by Crippen LogP contribution is -2.40. The maximum absolute atomic E-state index is 12.2. The van der Waals surface area contributed by atoms with Crippen LogP contribution in [-0.2, 0) is 4.79 Å². The Labute approximate surface area is 118 Å². The maximum Gasteiger partial charge on any atom is 0.305 e. The van der Waals surface area contributed by atoms with Crippen molar-refractivity contribution in [3.05, 3.63) is 29.8 Å². The summed E-state index contributed by atoms with van der Waals surface area (Å²) >= 11 is 0. The molecule has 3 N–H and O–H groups in total. The number of hydrogen-bond donors (Lipinski definition) is 3. The Hall–Kier alpha value is -1.92. The molecule has 110 valence electrons. The van der Waals surface area contributed by atoms with E-state index in [0.717, 1.165) is 5.69 Å². The van der Waals surface area contributed by atoms with E-state index in [4.69, 9.17) is 10.2 Å². The van der Waals surface area contributed by atoms with E-state index in [1.165, 1.54) is 0 Å². The molecule has 1 aromatic rings. The third kappa shape index (κ3) is 4.64. The second kappa shape index (κ2) is 7.62. The number of carboxylic acid groups (broad SMARTS) is 1. The van der Waals surface area contributed by atoms with Gasteiger partial charge < -0.3 is 20.4 Å². The highest BCUT2D eigenvalue weighted by molar-refractivity contribution is 6.01. The van der Waals surface area contributed by atoms with Crippen LogP contribution in [0.3, 0.4) is 0 Å². The Kier molecular flexibility index (Phi) is 6.14. The van der Waals surface area contributed by atoms with Gasteiger partial charge in [0, 0.05) is 31.9 Å². The minimum atomic E-state index is -1.06. The summed E-state index contributed by atoms with van der Waals surface area (Å²) in [7, 11) is 3.79. The number of anilines is 1. The number of benzene rings is 1. The van der Waals surface area contributed by atoms with Gasteiger partial charge >= 0.3 is 5.97 Å². The smallest absolute Gasteiger partial charge is 0.305 e. The van der Waals surface area contributed by atoms with Crippen LogP contribution in [0.2, 0.25) is 0 Å². The van der Waals surface area contributed by atoms with Crippen molar-refractivity contribution in [3.63, 3.8) is 0 Å². The number of nitrogens with one attached hydrogen (secondary N) is 1. The Bertz CT molecular complexity index is 457. The lowest BCUT2D eigenvalue weighted by molar-refractivity contribution is -0.137. The number of hydrogen-bond acceptors (Lipinski definition) is 5. The van der Waals surface area contributed by atoms with E-state index in [9.17, 15) is 9.59 Å². The van der Waals surface area contributed by atoms with Crippen LogP contribution < -0.4 is 10.2 Å². The molecular formula is C14H20N2O4. The Morgan fingerprint density at radius 3 is 2.30 bits per heavy atom. The number of ketones is 1. The van der Waals surface area contributed by atoms with Crippen LogP contribution in [0.4, 0.5) is 5.69 Å². The summed E-state index contributed by atoms with van der Waals surface area (Å²) in [5, 5.41) is 20.4. The van der Waals surface area contributed by atoms with Crippen molar-refractivity contribution in [2.75, 3.05) is 32.1 Å². The van der Waals surface area contributed by atoms with Crippen molar-refractivity contribution in [3.8, 4) is 0 Å². The molecule has 0 heterocycles. The molecule has 6 heteroatoms. The molecule has 0 aliphatic rings. The summed E-state index contributed by atoms with van der Waals surface area (Å²) in [5.41, 5.74) is 1.41. The Morgan fingerprint density at radius 2 is 1.85 bits per heavy atom. The Balaban J connectivity index is 2.84. The lowest BCUT2D eigenvalue weighted by atomic mass is 10.0. The van der Waals surface area contributed by atoms with Gasteiger partial charge in [-0.2, -0.15) is 0 Å². The third-order valence-corrected chi connectivity index (χ3v) is 2.87. The fourth-order valence-corrected chi connectivity index (χ4v) is 1.80. The highest BCUT2D eigenvalue weighted by atomic mass is 16.4. The number of aliphatic carboxylic acids is 1. The number of Topliss-reactive ketones (excluding diaryl/α,β-unsaturated/α-hetero) is 1. The molecule has 0 saturated carbocycles. The van der Waals surface area contributed by atoms with E-state index >= 15 is 0 Å². The van der Waals surface area contributed by atoms with Crippen LogP contribution in [0.25, 0.3) is 0 Å². The quantitative estimate of drug-likeness (QED) is 0.596. The van der Waals surface area contributed by atoms with Gasteiger partial charge in [0.05, 0.1) is 19.1 Å². The first-order valence-corrected chi connectivity index (χ1v) is 6.33. The number of carbonyl (C=O) groups excluding carboxylic acids is 1. The molecule has 0 fully saturated rings. The molecule has 0 spiro atoms. The van der Waals surface area contributed by atoms with E-state index in [1.807, 2.05) is 19.0 Å². The fraction of sp³-hybridized carbons (Fsp3) is 0.429. The van der Waals surface area contributed by atoms with Gasteiger partial charge in [0.2, 0.25) is 0 Å². The first-order chi connectivity index (χ1) is 9.45. The number of carboxylic acids is 1. The number of aliphatic hydroxyl groups is 1. The number of rotatable bonds is 8. The SMILES string of the molecule is CN(C)c1ccc(C(=O)C(CC(=O)O)NCCO)cc1. The molecule has 20 heavy (non-hydrogen) atoms. The van der Waals surface area contributed by atoms with Crippen LogP contribution in [-0.4, -0.2) is 55.3 Å². The van der Waals surface area contributed by atoms with E-state index in [1.54, 1.807) is 24.3 Å². The summed E-state index contributed by atoms with van der Waals surface area (Å²) in [6.07, 6.45) is -0.311. The molecule has 1 unspecified atom stereocenters. The average molecular weight is 280 g/mol. The van der Waals surface area contributed by atoms with Crippen LogP contribution in [0.15, 0.2) is 24.3 Å². The second-order valence-corrected chi connectivity index (χ2v) is 4.63. The van der Waals surface area contributed by atoms with Gasteiger partial charge in [0.25, 0.3) is 0 Å². The zero-order valence-corrected chi connectivity index (χ0v) is 11.7. The van der Waals surface area contributed by atoms with Crippen molar-refractivity contribution in [2.45, 2.75) is 12.5 Å². The summed E-state index contributed by atoms with van der Waals surface area (Å²) < 4.78 is 0. The first-order valence-electron chi connectivity index (χ1n) is 6.33. The molecule has 0 amide bonds. The highest BCUT2D eigenvalue weighted by Crippen LogP contribution is 2.14. The Morgan fingerprint density at radius 1 is 1.25 bits per heavy atom.